The molecule has 1 aromatic carbocycles. The molecule has 0 unspecified atom stereocenters. The fraction of sp³-hybridized carbons (Fsp3) is 0.357. The van der Waals surface area contributed by atoms with Gasteiger partial charge in [0.25, 0.3) is 0 Å². The zero-order chi connectivity index (χ0) is 10.9. The molecule has 0 heterocycles. The number of hydrogen-bond donors (Lipinski definition) is 0. The van der Waals surface area contributed by atoms with Gasteiger partial charge in [0.1, 0.15) is 6.29 Å². The summed E-state index contributed by atoms with van der Waals surface area (Å²) < 4.78 is 0. The van der Waals surface area contributed by atoms with Crippen molar-refractivity contribution in [2.75, 3.05) is 0 Å². The molecule has 1 heteroatoms. The van der Waals surface area contributed by atoms with Gasteiger partial charge in [0.15, 0.2) is 0 Å². The van der Waals surface area contributed by atoms with Crippen LogP contribution in [0.3, 0.4) is 0 Å². The predicted molar refractivity (Wildman–Crippen MR) is 62.4 cm³/mol. The minimum Gasteiger partial charge on any atom is -0.303 e. The first kappa shape index (κ1) is 10.2. The molecule has 1 aromatic rings. The van der Waals surface area contributed by atoms with Crippen molar-refractivity contribution in [1.82, 2.24) is 0 Å². The van der Waals surface area contributed by atoms with E-state index in [1.807, 2.05) is 25.1 Å². The molecule has 0 bridgehead atoms. The molecule has 1 aliphatic rings. The van der Waals surface area contributed by atoms with E-state index < -0.39 is 0 Å². The highest BCUT2D eigenvalue weighted by molar-refractivity contribution is 5.76. The first-order chi connectivity index (χ1) is 7.17. The Labute approximate surface area is 90.8 Å². The monoisotopic (exact) mass is 200 g/mol. The molecule has 2 rings (SSSR count). The number of carbonyl (C=O) groups excluding carboxylic acids is 1. The van der Waals surface area contributed by atoms with E-state index in [1.54, 1.807) is 0 Å². The topological polar surface area (TPSA) is 17.1 Å². The van der Waals surface area contributed by atoms with Crippen LogP contribution in [0, 0.1) is 11.3 Å². The van der Waals surface area contributed by atoms with Gasteiger partial charge in [-0.3, -0.25) is 0 Å². The number of aldehydes is 1. The Morgan fingerprint density at radius 3 is 2.53 bits per heavy atom. The lowest BCUT2D eigenvalue weighted by Crippen LogP contribution is -2.22. The minimum atomic E-state index is -0.203. The maximum absolute atomic E-state index is 11.1. The number of rotatable bonds is 2. The lowest BCUT2D eigenvalue weighted by atomic mass is 9.78. The molecule has 1 aliphatic carbocycles. The zero-order valence-corrected chi connectivity index (χ0v) is 9.23. The van der Waals surface area contributed by atoms with Crippen molar-refractivity contribution in [2.24, 2.45) is 11.3 Å². The minimum absolute atomic E-state index is 0.203. The van der Waals surface area contributed by atoms with Gasteiger partial charge < -0.3 is 4.79 Å². The fourth-order valence-corrected chi connectivity index (χ4v) is 2.19. The van der Waals surface area contributed by atoms with Gasteiger partial charge in [-0.25, -0.2) is 0 Å². The van der Waals surface area contributed by atoms with Crippen LogP contribution in [0.1, 0.15) is 25.8 Å². The molecule has 0 saturated heterocycles. The van der Waals surface area contributed by atoms with Gasteiger partial charge in [0, 0.05) is 5.41 Å². The van der Waals surface area contributed by atoms with Crippen LogP contribution >= 0.6 is 0 Å². The van der Waals surface area contributed by atoms with Gasteiger partial charge in [0.2, 0.25) is 0 Å². The normalized spacial score (nSPS) is 30.0. The van der Waals surface area contributed by atoms with Gasteiger partial charge in [0.05, 0.1) is 0 Å². The molecule has 0 aromatic heterocycles. The molecule has 1 nitrogen and oxygen atoms in total. The Balaban J connectivity index is 2.32. The number of allylic oxidation sites excluding steroid dienone is 2. The quantitative estimate of drug-likeness (QED) is 0.669. The predicted octanol–water partition coefficient (Wildman–Crippen LogP) is 3.32. The third-order valence-electron chi connectivity index (χ3n) is 3.59. The molecule has 0 saturated carbocycles. The third kappa shape index (κ3) is 1.63. The molecular formula is C14H16O. The molecule has 0 aliphatic heterocycles. The van der Waals surface area contributed by atoms with Crippen molar-refractivity contribution >= 4 is 11.9 Å². The van der Waals surface area contributed by atoms with Gasteiger partial charge in [-0.05, 0) is 23.5 Å². The number of benzene rings is 1. The van der Waals surface area contributed by atoms with Crippen LogP contribution in [0.5, 0.6) is 0 Å². The smallest absolute Gasteiger partial charge is 0.126 e. The van der Waals surface area contributed by atoms with Crippen molar-refractivity contribution in [3.63, 3.8) is 0 Å². The van der Waals surface area contributed by atoms with E-state index in [1.165, 1.54) is 11.1 Å². The van der Waals surface area contributed by atoms with Crippen molar-refractivity contribution < 1.29 is 4.79 Å². The highest BCUT2D eigenvalue weighted by Crippen LogP contribution is 2.45. The summed E-state index contributed by atoms with van der Waals surface area (Å²) in [7, 11) is 0. The molecule has 78 valence electrons. The highest BCUT2D eigenvalue weighted by atomic mass is 16.1. The van der Waals surface area contributed by atoms with E-state index in [0.717, 1.165) is 12.7 Å². The molecule has 0 spiro atoms. The summed E-state index contributed by atoms with van der Waals surface area (Å²) in [4.78, 5) is 11.1. The first-order valence-electron chi connectivity index (χ1n) is 5.39. The fourth-order valence-electron chi connectivity index (χ4n) is 2.19. The summed E-state index contributed by atoms with van der Waals surface area (Å²) >= 11 is 0. The molecule has 15 heavy (non-hydrogen) atoms. The van der Waals surface area contributed by atoms with E-state index in [9.17, 15) is 4.79 Å². The largest absolute Gasteiger partial charge is 0.303 e. The highest BCUT2D eigenvalue weighted by Gasteiger charge is 2.37. The summed E-state index contributed by atoms with van der Waals surface area (Å²) in [6, 6.07) is 10.3. The van der Waals surface area contributed by atoms with Crippen molar-refractivity contribution in [3.05, 3.63) is 42.0 Å². The average molecular weight is 200 g/mol. The van der Waals surface area contributed by atoms with E-state index >= 15 is 0 Å². The zero-order valence-electron chi connectivity index (χ0n) is 9.23. The molecular weight excluding hydrogens is 184 g/mol. The van der Waals surface area contributed by atoms with Crippen LogP contribution in [-0.4, -0.2) is 6.29 Å². The van der Waals surface area contributed by atoms with E-state index in [-0.39, 0.29) is 5.41 Å². The second-order valence-corrected chi connectivity index (χ2v) is 4.57. The lowest BCUT2D eigenvalue weighted by molar-refractivity contribution is -0.116. The Hall–Kier alpha value is -1.37. The average Bonchev–Trinajstić information content (AvgIpc) is 2.58. The van der Waals surface area contributed by atoms with Crippen LogP contribution in [0.15, 0.2) is 36.4 Å². The second-order valence-electron chi connectivity index (χ2n) is 4.57. The molecule has 2 atom stereocenters. The van der Waals surface area contributed by atoms with Gasteiger partial charge in [-0.15, -0.1) is 0 Å². The first-order valence-corrected chi connectivity index (χ1v) is 5.39. The molecule has 0 fully saturated rings. The summed E-state index contributed by atoms with van der Waals surface area (Å²) in [6.45, 7) is 4.18. The molecule has 0 N–H and O–H groups in total. The second kappa shape index (κ2) is 3.65. The molecule has 0 amide bonds. The van der Waals surface area contributed by atoms with Crippen molar-refractivity contribution in [2.45, 2.75) is 20.3 Å². The van der Waals surface area contributed by atoms with Gasteiger partial charge in [-0.2, -0.15) is 0 Å². The summed E-state index contributed by atoms with van der Waals surface area (Å²) in [5, 5.41) is 0. The van der Waals surface area contributed by atoms with E-state index in [0.29, 0.717) is 5.92 Å². The Bertz CT molecular complexity index is 391. The number of hydrogen-bond acceptors (Lipinski definition) is 1. The van der Waals surface area contributed by atoms with Crippen LogP contribution in [0.2, 0.25) is 0 Å². The van der Waals surface area contributed by atoms with Crippen LogP contribution in [0.25, 0.3) is 5.57 Å². The lowest BCUT2D eigenvalue weighted by Gasteiger charge is -2.24. The van der Waals surface area contributed by atoms with Crippen LogP contribution in [0.4, 0.5) is 0 Å². The van der Waals surface area contributed by atoms with E-state index in [2.05, 4.69) is 25.1 Å². The Kier molecular flexibility index (Phi) is 2.47. The van der Waals surface area contributed by atoms with Crippen molar-refractivity contribution in [1.29, 1.82) is 0 Å². The SMILES string of the molecule is C[C@@H]1C(c2ccccc2)=CC[C@@]1(C)C=O. The Morgan fingerprint density at radius 1 is 1.33 bits per heavy atom. The van der Waals surface area contributed by atoms with Gasteiger partial charge in [-0.1, -0.05) is 50.3 Å². The van der Waals surface area contributed by atoms with E-state index in [4.69, 9.17) is 0 Å². The van der Waals surface area contributed by atoms with Gasteiger partial charge >= 0.3 is 0 Å². The van der Waals surface area contributed by atoms with Crippen LogP contribution in [-0.2, 0) is 4.79 Å². The van der Waals surface area contributed by atoms with Crippen LogP contribution < -0.4 is 0 Å². The molecule has 0 radical (unpaired) electrons. The standard InChI is InChI=1S/C14H16O/c1-11-13(8-9-14(11,2)10-15)12-6-4-3-5-7-12/h3-8,10-11H,9H2,1-2H3/t11-,14+/m1/s1. The maximum Gasteiger partial charge on any atom is 0.126 e. The van der Waals surface area contributed by atoms with Crippen molar-refractivity contribution in [3.8, 4) is 0 Å². The number of carbonyl (C=O) groups is 1. The summed E-state index contributed by atoms with van der Waals surface area (Å²) in [5.41, 5.74) is 2.35. The maximum atomic E-state index is 11.1. The Morgan fingerprint density at radius 2 is 2.00 bits per heavy atom. The summed E-state index contributed by atoms with van der Waals surface area (Å²) in [5.74, 6) is 0.317. The summed E-state index contributed by atoms with van der Waals surface area (Å²) in [6.07, 6.45) is 4.17. The third-order valence-corrected chi connectivity index (χ3v) is 3.59.